The Bertz CT molecular complexity index is 954. The Kier molecular flexibility index (Phi) is 3.55. The van der Waals surface area contributed by atoms with Crippen molar-refractivity contribution >= 4 is 16.6 Å². The van der Waals surface area contributed by atoms with Gasteiger partial charge >= 0.3 is 0 Å². The van der Waals surface area contributed by atoms with Crippen LogP contribution in [0.15, 0.2) is 46.1 Å². The molecule has 1 aromatic carbocycles. The highest BCUT2D eigenvalue weighted by Gasteiger charge is 2.05. The first-order valence-corrected chi connectivity index (χ1v) is 7.09. The summed E-state index contributed by atoms with van der Waals surface area (Å²) >= 11 is 0. The lowest BCUT2D eigenvalue weighted by Crippen LogP contribution is -2.19. The van der Waals surface area contributed by atoms with Gasteiger partial charge in [0.15, 0.2) is 0 Å². The van der Waals surface area contributed by atoms with Gasteiger partial charge in [-0.3, -0.25) is 9.59 Å². The monoisotopic (exact) mass is 295 g/mol. The molecule has 0 saturated heterocycles. The first kappa shape index (κ1) is 14.1. The third-order valence-corrected chi connectivity index (χ3v) is 3.59. The summed E-state index contributed by atoms with van der Waals surface area (Å²) in [5.74, 6) is 0. The molecule has 0 fully saturated rings. The van der Waals surface area contributed by atoms with E-state index in [1.807, 2.05) is 38.1 Å². The fraction of sp³-hybridized carbons (Fsp3) is 0.176. The predicted molar refractivity (Wildman–Crippen MR) is 88.4 cm³/mol. The molecule has 3 N–H and O–H groups in total. The number of anilines is 1. The van der Waals surface area contributed by atoms with Gasteiger partial charge in [0.2, 0.25) is 0 Å². The number of nitrogens with one attached hydrogen (secondary N) is 3. The van der Waals surface area contributed by atoms with Gasteiger partial charge in [-0.15, -0.1) is 0 Å². The lowest BCUT2D eigenvalue weighted by atomic mass is 10.1. The average molecular weight is 295 g/mol. The van der Waals surface area contributed by atoms with Crippen molar-refractivity contribution in [2.75, 3.05) is 5.32 Å². The van der Waals surface area contributed by atoms with Crippen LogP contribution in [-0.4, -0.2) is 9.97 Å². The van der Waals surface area contributed by atoms with Crippen LogP contribution in [0.25, 0.3) is 10.9 Å². The van der Waals surface area contributed by atoms with E-state index in [1.54, 1.807) is 12.3 Å². The van der Waals surface area contributed by atoms with Crippen molar-refractivity contribution in [2.24, 2.45) is 0 Å². The van der Waals surface area contributed by atoms with Gasteiger partial charge in [-0.2, -0.15) is 0 Å². The third-order valence-electron chi connectivity index (χ3n) is 3.59. The van der Waals surface area contributed by atoms with Crippen molar-refractivity contribution in [1.82, 2.24) is 9.97 Å². The maximum atomic E-state index is 12.1. The Morgan fingerprint density at radius 3 is 2.64 bits per heavy atom. The number of pyridine rings is 2. The number of aromatic amines is 2. The standard InChI is InChI=1S/C17H17N3O2/c1-10-3-4-14-12(5-10)7-13(16(21)20-14)9-18-15-6-11(2)8-19-17(15)22/h3-8,18H,9H2,1-2H3,(H,19,22)(H,20,21). The molecular weight excluding hydrogens is 278 g/mol. The topological polar surface area (TPSA) is 77.8 Å². The van der Waals surface area contributed by atoms with E-state index >= 15 is 0 Å². The van der Waals surface area contributed by atoms with Gasteiger partial charge in [-0.1, -0.05) is 11.6 Å². The number of rotatable bonds is 3. The van der Waals surface area contributed by atoms with Crippen LogP contribution < -0.4 is 16.4 Å². The predicted octanol–water partition coefficient (Wildman–Crippen LogP) is 2.45. The minimum atomic E-state index is -0.196. The van der Waals surface area contributed by atoms with Gasteiger partial charge < -0.3 is 15.3 Å². The number of benzene rings is 1. The minimum Gasteiger partial charge on any atom is -0.376 e. The van der Waals surface area contributed by atoms with E-state index < -0.39 is 0 Å². The maximum Gasteiger partial charge on any atom is 0.271 e. The highest BCUT2D eigenvalue weighted by atomic mass is 16.1. The maximum absolute atomic E-state index is 12.1. The molecule has 3 aromatic rings. The highest BCUT2D eigenvalue weighted by molar-refractivity contribution is 5.79. The molecule has 5 heteroatoms. The fourth-order valence-corrected chi connectivity index (χ4v) is 2.42. The zero-order valence-electron chi connectivity index (χ0n) is 12.5. The summed E-state index contributed by atoms with van der Waals surface area (Å²) in [6.45, 7) is 4.20. The molecule has 0 atom stereocenters. The van der Waals surface area contributed by atoms with E-state index in [1.165, 1.54) is 0 Å². The molecule has 0 saturated carbocycles. The van der Waals surface area contributed by atoms with E-state index in [0.29, 0.717) is 17.8 Å². The summed E-state index contributed by atoms with van der Waals surface area (Å²) in [6.07, 6.45) is 1.65. The van der Waals surface area contributed by atoms with E-state index in [9.17, 15) is 9.59 Å². The van der Waals surface area contributed by atoms with Gasteiger partial charge in [-0.25, -0.2) is 0 Å². The summed E-state index contributed by atoms with van der Waals surface area (Å²) < 4.78 is 0. The van der Waals surface area contributed by atoms with Gasteiger partial charge in [0.25, 0.3) is 11.1 Å². The second-order valence-corrected chi connectivity index (χ2v) is 5.49. The van der Waals surface area contributed by atoms with Crippen LogP contribution >= 0.6 is 0 Å². The molecular formula is C17H17N3O2. The van der Waals surface area contributed by atoms with E-state index in [2.05, 4.69) is 15.3 Å². The smallest absolute Gasteiger partial charge is 0.271 e. The van der Waals surface area contributed by atoms with Crippen LogP contribution in [0.1, 0.15) is 16.7 Å². The SMILES string of the molecule is Cc1c[nH]c(=O)c(NCc2cc3cc(C)ccc3[nH]c2=O)c1. The number of hydrogen-bond acceptors (Lipinski definition) is 3. The zero-order valence-corrected chi connectivity index (χ0v) is 12.5. The Labute approximate surface area is 127 Å². The summed E-state index contributed by atoms with van der Waals surface area (Å²) in [5, 5.41) is 4.01. The highest BCUT2D eigenvalue weighted by Crippen LogP contribution is 2.13. The van der Waals surface area contributed by atoms with Crippen molar-refractivity contribution < 1.29 is 0 Å². The van der Waals surface area contributed by atoms with Crippen LogP contribution in [0, 0.1) is 13.8 Å². The number of aromatic nitrogens is 2. The summed E-state index contributed by atoms with van der Waals surface area (Å²) in [4.78, 5) is 29.4. The molecule has 3 rings (SSSR count). The molecule has 0 spiro atoms. The third kappa shape index (κ3) is 2.79. The number of aryl methyl sites for hydroxylation is 2. The molecule has 0 aliphatic heterocycles. The van der Waals surface area contributed by atoms with E-state index in [4.69, 9.17) is 0 Å². The molecule has 0 radical (unpaired) electrons. The Morgan fingerprint density at radius 2 is 1.82 bits per heavy atom. The van der Waals surface area contributed by atoms with Crippen molar-refractivity contribution in [3.8, 4) is 0 Å². The van der Waals surface area contributed by atoms with Crippen LogP contribution in [0.3, 0.4) is 0 Å². The quantitative estimate of drug-likeness (QED) is 0.694. The molecule has 0 unspecified atom stereocenters. The summed E-state index contributed by atoms with van der Waals surface area (Å²) in [6, 6.07) is 9.50. The average Bonchev–Trinajstić information content (AvgIpc) is 2.48. The van der Waals surface area contributed by atoms with Crippen LogP contribution in [0.4, 0.5) is 5.69 Å². The lowest BCUT2D eigenvalue weighted by molar-refractivity contribution is 1.07. The largest absolute Gasteiger partial charge is 0.376 e. The molecule has 0 aliphatic carbocycles. The van der Waals surface area contributed by atoms with Crippen molar-refractivity contribution in [3.63, 3.8) is 0 Å². The normalized spacial score (nSPS) is 10.8. The summed E-state index contributed by atoms with van der Waals surface area (Å²) in [7, 11) is 0. The minimum absolute atomic E-state index is 0.145. The molecule has 0 aliphatic rings. The fourth-order valence-electron chi connectivity index (χ4n) is 2.42. The number of fused-ring (bicyclic) bond motifs is 1. The second-order valence-electron chi connectivity index (χ2n) is 5.49. The Morgan fingerprint density at radius 1 is 1.00 bits per heavy atom. The van der Waals surface area contributed by atoms with Crippen LogP contribution in [-0.2, 0) is 6.54 Å². The summed E-state index contributed by atoms with van der Waals surface area (Å²) in [5.41, 5.74) is 3.61. The molecule has 2 aromatic heterocycles. The molecule has 2 heterocycles. The molecule has 22 heavy (non-hydrogen) atoms. The number of H-pyrrole nitrogens is 2. The first-order chi connectivity index (χ1) is 10.5. The Hall–Kier alpha value is -2.82. The van der Waals surface area contributed by atoms with Gasteiger partial charge in [0.05, 0.1) is 0 Å². The molecule has 5 nitrogen and oxygen atoms in total. The Balaban J connectivity index is 1.93. The van der Waals surface area contributed by atoms with Crippen LogP contribution in [0.2, 0.25) is 0 Å². The van der Waals surface area contributed by atoms with Crippen molar-refractivity contribution in [3.05, 3.63) is 73.9 Å². The number of hydrogen-bond donors (Lipinski definition) is 3. The van der Waals surface area contributed by atoms with Crippen LogP contribution in [0.5, 0.6) is 0 Å². The molecule has 0 amide bonds. The van der Waals surface area contributed by atoms with Gasteiger partial charge in [-0.05, 0) is 49.1 Å². The van der Waals surface area contributed by atoms with Gasteiger partial charge in [0.1, 0.15) is 5.69 Å². The van der Waals surface area contributed by atoms with E-state index in [-0.39, 0.29) is 11.1 Å². The lowest BCUT2D eigenvalue weighted by Gasteiger charge is -2.07. The van der Waals surface area contributed by atoms with Crippen molar-refractivity contribution in [1.29, 1.82) is 0 Å². The van der Waals surface area contributed by atoms with Crippen molar-refractivity contribution in [2.45, 2.75) is 20.4 Å². The molecule has 0 bridgehead atoms. The molecule has 112 valence electrons. The van der Waals surface area contributed by atoms with Gasteiger partial charge in [0, 0.05) is 23.8 Å². The second kappa shape index (κ2) is 5.52. The van der Waals surface area contributed by atoms with E-state index in [0.717, 1.165) is 22.0 Å². The zero-order chi connectivity index (χ0) is 15.7. The first-order valence-electron chi connectivity index (χ1n) is 7.09.